The average molecular weight is 227 g/mol. The molecule has 0 fully saturated rings. The smallest absolute Gasteiger partial charge is 0.220 e. The second kappa shape index (κ2) is 5.73. The highest BCUT2D eigenvalue weighted by Crippen LogP contribution is 2.25. The summed E-state index contributed by atoms with van der Waals surface area (Å²) in [5, 5.41) is 3.25. The van der Waals surface area contributed by atoms with Crippen molar-refractivity contribution in [1.29, 1.82) is 0 Å². The molecule has 1 unspecified atom stereocenters. The third-order valence-corrected chi connectivity index (χ3v) is 2.68. The quantitative estimate of drug-likeness (QED) is 0.818. The maximum Gasteiger partial charge on any atom is 0.220 e. The van der Waals surface area contributed by atoms with E-state index in [-0.39, 0.29) is 11.8 Å². The summed E-state index contributed by atoms with van der Waals surface area (Å²) in [5.41, 5.74) is 6.57. The van der Waals surface area contributed by atoms with Crippen molar-refractivity contribution in [3.63, 3.8) is 0 Å². The van der Waals surface area contributed by atoms with Crippen LogP contribution in [-0.2, 0) is 4.79 Å². The fourth-order valence-corrected chi connectivity index (χ4v) is 1.74. The molecule has 0 aliphatic heterocycles. The number of nitrogens with one attached hydrogen (secondary N) is 1. The summed E-state index contributed by atoms with van der Waals surface area (Å²) in [7, 11) is 1.61. The Kier molecular flexibility index (Phi) is 4.59. The number of hydrogen-bond acceptors (Lipinski definition) is 2. The zero-order chi connectivity index (χ0) is 11.3. The molecule has 0 aliphatic rings. The van der Waals surface area contributed by atoms with E-state index >= 15 is 0 Å². The van der Waals surface area contributed by atoms with Gasteiger partial charge in [0.05, 0.1) is 0 Å². The Hall–Kier alpha value is -1.06. The van der Waals surface area contributed by atoms with E-state index in [4.69, 9.17) is 17.3 Å². The van der Waals surface area contributed by atoms with Crippen molar-refractivity contribution < 1.29 is 4.79 Å². The average Bonchev–Trinajstić information content (AvgIpc) is 2.26. The second-order valence-electron chi connectivity index (χ2n) is 3.33. The molecule has 15 heavy (non-hydrogen) atoms. The van der Waals surface area contributed by atoms with Gasteiger partial charge in [-0.05, 0) is 18.2 Å². The summed E-state index contributed by atoms with van der Waals surface area (Å²) in [6.07, 6.45) is 0.372. The van der Waals surface area contributed by atoms with Crippen molar-refractivity contribution in [1.82, 2.24) is 5.32 Å². The number of benzene rings is 1. The lowest BCUT2D eigenvalue weighted by molar-refractivity contribution is -0.120. The van der Waals surface area contributed by atoms with Crippen molar-refractivity contribution in [3.05, 3.63) is 34.9 Å². The van der Waals surface area contributed by atoms with Gasteiger partial charge in [-0.2, -0.15) is 0 Å². The van der Waals surface area contributed by atoms with E-state index in [0.717, 1.165) is 5.56 Å². The minimum absolute atomic E-state index is 0.0151. The SMILES string of the molecule is CNC(=O)CC(CN)c1ccccc1Cl. The molecular formula is C11H15ClN2O. The zero-order valence-electron chi connectivity index (χ0n) is 8.66. The number of amides is 1. The molecule has 1 amide bonds. The topological polar surface area (TPSA) is 55.1 Å². The van der Waals surface area contributed by atoms with Gasteiger partial charge in [-0.1, -0.05) is 29.8 Å². The molecule has 1 rings (SSSR count). The fraction of sp³-hybridized carbons (Fsp3) is 0.364. The Morgan fingerprint density at radius 1 is 1.53 bits per heavy atom. The third kappa shape index (κ3) is 3.22. The van der Waals surface area contributed by atoms with E-state index in [0.29, 0.717) is 18.0 Å². The van der Waals surface area contributed by atoms with Crippen LogP contribution < -0.4 is 11.1 Å². The number of carbonyl (C=O) groups is 1. The van der Waals surface area contributed by atoms with Gasteiger partial charge < -0.3 is 11.1 Å². The van der Waals surface area contributed by atoms with Gasteiger partial charge in [0.15, 0.2) is 0 Å². The maximum absolute atomic E-state index is 11.3. The summed E-state index contributed by atoms with van der Waals surface area (Å²) in [6.45, 7) is 0.414. The molecule has 0 radical (unpaired) electrons. The van der Waals surface area contributed by atoms with E-state index in [1.54, 1.807) is 7.05 Å². The first kappa shape index (κ1) is 12.0. The molecule has 0 saturated heterocycles. The number of hydrogen-bond donors (Lipinski definition) is 2. The molecule has 1 aromatic rings. The summed E-state index contributed by atoms with van der Waals surface area (Å²) in [6, 6.07) is 7.47. The normalized spacial score (nSPS) is 12.2. The minimum atomic E-state index is -0.0228. The van der Waals surface area contributed by atoms with Gasteiger partial charge in [-0.3, -0.25) is 4.79 Å². The van der Waals surface area contributed by atoms with Crippen LogP contribution in [0.4, 0.5) is 0 Å². The second-order valence-corrected chi connectivity index (χ2v) is 3.74. The Balaban J connectivity index is 2.83. The molecule has 4 heteroatoms. The number of halogens is 1. The van der Waals surface area contributed by atoms with Crippen molar-refractivity contribution in [2.75, 3.05) is 13.6 Å². The molecular weight excluding hydrogens is 212 g/mol. The van der Waals surface area contributed by atoms with Gasteiger partial charge in [0.25, 0.3) is 0 Å². The minimum Gasteiger partial charge on any atom is -0.359 e. The lowest BCUT2D eigenvalue weighted by Gasteiger charge is -2.15. The molecule has 0 heterocycles. The first-order valence-electron chi connectivity index (χ1n) is 4.84. The largest absolute Gasteiger partial charge is 0.359 e. The third-order valence-electron chi connectivity index (χ3n) is 2.34. The predicted octanol–water partition coefficient (Wildman–Crippen LogP) is 1.52. The van der Waals surface area contributed by atoms with Gasteiger partial charge in [0.1, 0.15) is 0 Å². The molecule has 0 spiro atoms. The summed E-state index contributed by atoms with van der Waals surface area (Å²) in [5.74, 6) is -0.0379. The first-order chi connectivity index (χ1) is 7.19. The van der Waals surface area contributed by atoms with Crippen LogP contribution in [0.5, 0.6) is 0 Å². The summed E-state index contributed by atoms with van der Waals surface area (Å²) in [4.78, 5) is 11.3. The predicted molar refractivity (Wildman–Crippen MR) is 61.9 cm³/mol. The molecule has 3 nitrogen and oxygen atoms in total. The Morgan fingerprint density at radius 3 is 2.73 bits per heavy atom. The van der Waals surface area contributed by atoms with E-state index < -0.39 is 0 Å². The molecule has 82 valence electrons. The van der Waals surface area contributed by atoms with Crippen molar-refractivity contribution in [2.24, 2.45) is 5.73 Å². The lowest BCUT2D eigenvalue weighted by Crippen LogP contribution is -2.24. The lowest BCUT2D eigenvalue weighted by atomic mass is 9.95. The highest BCUT2D eigenvalue weighted by Gasteiger charge is 2.15. The van der Waals surface area contributed by atoms with Gasteiger partial charge in [0.2, 0.25) is 5.91 Å². The van der Waals surface area contributed by atoms with Crippen LogP contribution in [0.25, 0.3) is 0 Å². The molecule has 0 saturated carbocycles. The van der Waals surface area contributed by atoms with Crippen molar-refractivity contribution in [2.45, 2.75) is 12.3 Å². The number of carbonyl (C=O) groups excluding carboxylic acids is 1. The van der Waals surface area contributed by atoms with Gasteiger partial charge >= 0.3 is 0 Å². The molecule has 0 bridgehead atoms. The standard InChI is InChI=1S/C11H15ClN2O/c1-14-11(15)6-8(7-13)9-4-2-3-5-10(9)12/h2-5,8H,6-7,13H2,1H3,(H,14,15). The molecule has 3 N–H and O–H groups in total. The molecule has 1 atom stereocenters. The van der Waals surface area contributed by atoms with Crippen LogP contribution in [0.2, 0.25) is 5.02 Å². The monoisotopic (exact) mass is 226 g/mol. The van der Waals surface area contributed by atoms with Crippen molar-refractivity contribution >= 4 is 17.5 Å². The van der Waals surface area contributed by atoms with Crippen LogP contribution >= 0.6 is 11.6 Å². The van der Waals surface area contributed by atoms with E-state index in [2.05, 4.69) is 5.32 Å². The highest BCUT2D eigenvalue weighted by molar-refractivity contribution is 6.31. The van der Waals surface area contributed by atoms with Gasteiger partial charge in [0, 0.05) is 24.4 Å². The molecule has 1 aromatic carbocycles. The van der Waals surface area contributed by atoms with Crippen LogP contribution in [-0.4, -0.2) is 19.5 Å². The summed E-state index contributed by atoms with van der Waals surface area (Å²) >= 11 is 6.04. The molecule has 0 aromatic heterocycles. The maximum atomic E-state index is 11.3. The van der Waals surface area contributed by atoms with Crippen LogP contribution in [0.15, 0.2) is 24.3 Å². The molecule has 0 aliphatic carbocycles. The van der Waals surface area contributed by atoms with E-state index in [1.165, 1.54) is 0 Å². The number of rotatable bonds is 4. The van der Waals surface area contributed by atoms with Crippen molar-refractivity contribution in [3.8, 4) is 0 Å². The highest BCUT2D eigenvalue weighted by atomic mass is 35.5. The van der Waals surface area contributed by atoms with Crippen LogP contribution in [0.1, 0.15) is 17.9 Å². The van der Waals surface area contributed by atoms with E-state index in [9.17, 15) is 4.79 Å². The van der Waals surface area contributed by atoms with Gasteiger partial charge in [-0.25, -0.2) is 0 Å². The zero-order valence-corrected chi connectivity index (χ0v) is 9.42. The number of nitrogens with two attached hydrogens (primary N) is 1. The van der Waals surface area contributed by atoms with Crippen LogP contribution in [0.3, 0.4) is 0 Å². The Labute approximate surface area is 94.6 Å². The fourth-order valence-electron chi connectivity index (χ4n) is 1.45. The Morgan fingerprint density at radius 2 is 2.20 bits per heavy atom. The van der Waals surface area contributed by atoms with Crippen LogP contribution in [0, 0.1) is 0 Å². The summed E-state index contributed by atoms with van der Waals surface area (Å²) < 4.78 is 0. The van der Waals surface area contributed by atoms with Gasteiger partial charge in [-0.15, -0.1) is 0 Å². The van der Waals surface area contributed by atoms with E-state index in [1.807, 2.05) is 24.3 Å². The first-order valence-corrected chi connectivity index (χ1v) is 5.22. The Bertz CT molecular complexity index is 341.